The number of carbonyl (C=O) groups excluding carboxylic acids is 1. The van der Waals surface area contributed by atoms with Crippen molar-refractivity contribution in [2.45, 2.75) is 44.2 Å². The number of hydrogen-bond acceptors (Lipinski definition) is 3. The first-order valence-electron chi connectivity index (χ1n) is 6.47. The van der Waals surface area contributed by atoms with E-state index in [0.29, 0.717) is 12.5 Å². The van der Waals surface area contributed by atoms with E-state index in [9.17, 15) is 4.79 Å². The SMILES string of the molecule is CNC(=O)CCCN1CCC2CCC(C1)N2. The fraction of sp³-hybridized carbons (Fsp3) is 0.917. The van der Waals surface area contributed by atoms with E-state index in [0.717, 1.165) is 19.0 Å². The van der Waals surface area contributed by atoms with Gasteiger partial charge in [-0.2, -0.15) is 0 Å². The highest BCUT2D eigenvalue weighted by Crippen LogP contribution is 2.20. The summed E-state index contributed by atoms with van der Waals surface area (Å²) < 4.78 is 0. The van der Waals surface area contributed by atoms with Crippen molar-refractivity contribution in [3.63, 3.8) is 0 Å². The molecule has 0 aromatic carbocycles. The Morgan fingerprint density at radius 2 is 2.19 bits per heavy atom. The van der Waals surface area contributed by atoms with E-state index in [1.165, 1.54) is 32.4 Å². The average Bonchev–Trinajstić information content (AvgIpc) is 2.61. The summed E-state index contributed by atoms with van der Waals surface area (Å²) in [4.78, 5) is 13.6. The molecule has 4 heteroatoms. The molecule has 0 aromatic rings. The maximum absolute atomic E-state index is 11.1. The molecule has 2 saturated heterocycles. The van der Waals surface area contributed by atoms with Gasteiger partial charge in [-0.3, -0.25) is 4.79 Å². The quantitative estimate of drug-likeness (QED) is 0.725. The van der Waals surface area contributed by atoms with E-state index in [4.69, 9.17) is 0 Å². The molecule has 2 N–H and O–H groups in total. The molecule has 2 aliphatic heterocycles. The van der Waals surface area contributed by atoms with Crippen LogP contribution < -0.4 is 10.6 Å². The van der Waals surface area contributed by atoms with Gasteiger partial charge in [0.25, 0.3) is 0 Å². The van der Waals surface area contributed by atoms with E-state index >= 15 is 0 Å². The Morgan fingerprint density at radius 3 is 3.00 bits per heavy atom. The van der Waals surface area contributed by atoms with Crippen molar-refractivity contribution >= 4 is 5.91 Å². The topological polar surface area (TPSA) is 44.4 Å². The second kappa shape index (κ2) is 5.64. The van der Waals surface area contributed by atoms with Gasteiger partial charge in [0.15, 0.2) is 0 Å². The Morgan fingerprint density at radius 1 is 1.38 bits per heavy atom. The third-order valence-corrected chi connectivity index (χ3v) is 3.76. The maximum atomic E-state index is 11.1. The van der Waals surface area contributed by atoms with Crippen LogP contribution in [0.25, 0.3) is 0 Å². The van der Waals surface area contributed by atoms with Crippen LogP contribution in [0.15, 0.2) is 0 Å². The first kappa shape index (κ1) is 11.9. The molecule has 0 saturated carbocycles. The maximum Gasteiger partial charge on any atom is 0.219 e. The number of rotatable bonds is 4. The standard InChI is InChI=1S/C12H23N3O/c1-13-12(16)3-2-7-15-8-6-10-4-5-11(9-15)14-10/h10-11,14H,2-9H2,1H3,(H,13,16). The van der Waals surface area contributed by atoms with Crippen LogP contribution in [0.3, 0.4) is 0 Å². The lowest BCUT2D eigenvalue weighted by atomic mass is 10.1. The average molecular weight is 225 g/mol. The molecule has 2 unspecified atom stereocenters. The van der Waals surface area contributed by atoms with Crippen molar-refractivity contribution in [1.82, 2.24) is 15.5 Å². The van der Waals surface area contributed by atoms with E-state index in [1.807, 2.05) is 0 Å². The lowest BCUT2D eigenvalue weighted by molar-refractivity contribution is -0.120. The molecule has 0 aliphatic carbocycles. The van der Waals surface area contributed by atoms with E-state index < -0.39 is 0 Å². The second-order valence-corrected chi connectivity index (χ2v) is 5.00. The summed E-state index contributed by atoms with van der Waals surface area (Å²) in [5, 5.41) is 6.34. The molecule has 2 bridgehead atoms. The summed E-state index contributed by atoms with van der Waals surface area (Å²) in [6.45, 7) is 3.43. The number of amides is 1. The molecule has 0 aromatic heterocycles. The van der Waals surface area contributed by atoms with Gasteiger partial charge in [-0.15, -0.1) is 0 Å². The van der Waals surface area contributed by atoms with Crippen LogP contribution in [0.2, 0.25) is 0 Å². The number of nitrogens with one attached hydrogen (secondary N) is 2. The Bertz CT molecular complexity index is 244. The van der Waals surface area contributed by atoms with Gasteiger partial charge >= 0.3 is 0 Å². The minimum absolute atomic E-state index is 0.162. The highest BCUT2D eigenvalue weighted by molar-refractivity contribution is 5.75. The third-order valence-electron chi connectivity index (χ3n) is 3.76. The third kappa shape index (κ3) is 3.19. The second-order valence-electron chi connectivity index (χ2n) is 5.00. The summed E-state index contributed by atoms with van der Waals surface area (Å²) in [5.74, 6) is 0.162. The van der Waals surface area contributed by atoms with E-state index in [2.05, 4.69) is 15.5 Å². The van der Waals surface area contributed by atoms with Crippen LogP contribution in [-0.4, -0.2) is 49.6 Å². The highest BCUT2D eigenvalue weighted by Gasteiger charge is 2.28. The Hall–Kier alpha value is -0.610. The van der Waals surface area contributed by atoms with Crippen LogP contribution in [0.4, 0.5) is 0 Å². The van der Waals surface area contributed by atoms with Gasteiger partial charge in [0, 0.05) is 32.1 Å². The van der Waals surface area contributed by atoms with Gasteiger partial charge in [-0.1, -0.05) is 0 Å². The highest BCUT2D eigenvalue weighted by atomic mass is 16.1. The fourth-order valence-electron chi connectivity index (χ4n) is 2.81. The van der Waals surface area contributed by atoms with Crippen LogP contribution in [0.1, 0.15) is 32.1 Å². The molecular formula is C12H23N3O. The lowest BCUT2D eigenvalue weighted by Gasteiger charge is -2.23. The normalized spacial score (nSPS) is 30.1. The lowest BCUT2D eigenvalue weighted by Crippen LogP contribution is -2.36. The van der Waals surface area contributed by atoms with Gasteiger partial charge in [-0.25, -0.2) is 0 Å². The first-order chi connectivity index (χ1) is 7.78. The number of fused-ring (bicyclic) bond motifs is 2. The Balaban J connectivity index is 1.68. The summed E-state index contributed by atoms with van der Waals surface area (Å²) >= 11 is 0. The predicted molar refractivity (Wildman–Crippen MR) is 64.3 cm³/mol. The van der Waals surface area contributed by atoms with Gasteiger partial charge in [-0.05, 0) is 38.8 Å². The van der Waals surface area contributed by atoms with Crippen molar-refractivity contribution in [2.75, 3.05) is 26.7 Å². The minimum atomic E-state index is 0.162. The zero-order valence-corrected chi connectivity index (χ0v) is 10.2. The summed E-state index contributed by atoms with van der Waals surface area (Å²) in [6.07, 6.45) is 5.61. The summed E-state index contributed by atoms with van der Waals surface area (Å²) in [6, 6.07) is 1.46. The predicted octanol–water partition coefficient (Wildman–Crippen LogP) is 0.339. The molecule has 2 aliphatic rings. The molecule has 0 radical (unpaired) electrons. The van der Waals surface area contributed by atoms with Gasteiger partial charge in [0.1, 0.15) is 0 Å². The van der Waals surface area contributed by atoms with Crippen LogP contribution in [0, 0.1) is 0 Å². The number of carbonyl (C=O) groups is 1. The van der Waals surface area contributed by atoms with E-state index in [1.54, 1.807) is 7.05 Å². The molecule has 2 atom stereocenters. The molecule has 2 heterocycles. The largest absolute Gasteiger partial charge is 0.359 e. The van der Waals surface area contributed by atoms with Gasteiger partial charge in [0.05, 0.1) is 0 Å². The molecular weight excluding hydrogens is 202 g/mol. The minimum Gasteiger partial charge on any atom is -0.359 e. The number of nitrogens with zero attached hydrogens (tertiary/aromatic N) is 1. The monoisotopic (exact) mass is 225 g/mol. The number of hydrogen-bond donors (Lipinski definition) is 2. The summed E-state index contributed by atoms with van der Waals surface area (Å²) in [7, 11) is 1.71. The van der Waals surface area contributed by atoms with Crippen LogP contribution in [-0.2, 0) is 4.79 Å². The summed E-state index contributed by atoms with van der Waals surface area (Å²) in [5.41, 5.74) is 0. The molecule has 92 valence electrons. The zero-order chi connectivity index (χ0) is 11.4. The molecule has 2 fully saturated rings. The Kier molecular flexibility index (Phi) is 4.18. The van der Waals surface area contributed by atoms with Gasteiger partial charge in [0.2, 0.25) is 5.91 Å². The van der Waals surface area contributed by atoms with E-state index in [-0.39, 0.29) is 5.91 Å². The first-order valence-corrected chi connectivity index (χ1v) is 6.47. The molecule has 1 amide bonds. The van der Waals surface area contributed by atoms with Crippen LogP contribution in [0.5, 0.6) is 0 Å². The molecule has 16 heavy (non-hydrogen) atoms. The fourth-order valence-corrected chi connectivity index (χ4v) is 2.81. The van der Waals surface area contributed by atoms with Crippen LogP contribution >= 0.6 is 0 Å². The van der Waals surface area contributed by atoms with Crippen molar-refractivity contribution in [3.05, 3.63) is 0 Å². The number of likely N-dealkylation sites (tertiary alicyclic amines) is 1. The Labute approximate surface area is 97.8 Å². The van der Waals surface area contributed by atoms with Crippen molar-refractivity contribution in [1.29, 1.82) is 0 Å². The molecule has 2 rings (SSSR count). The van der Waals surface area contributed by atoms with Crippen molar-refractivity contribution < 1.29 is 4.79 Å². The molecule has 0 spiro atoms. The van der Waals surface area contributed by atoms with Gasteiger partial charge < -0.3 is 15.5 Å². The molecule has 4 nitrogen and oxygen atoms in total. The zero-order valence-electron chi connectivity index (χ0n) is 10.2. The van der Waals surface area contributed by atoms with Crippen molar-refractivity contribution in [3.8, 4) is 0 Å². The smallest absolute Gasteiger partial charge is 0.219 e. The van der Waals surface area contributed by atoms with Crippen molar-refractivity contribution in [2.24, 2.45) is 0 Å².